The molecule has 0 fully saturated rings. The molecule has 1 N–H and O–H groups in total. The number of phosphoric acid groups is 1. The fourth-order valence-electron chi connectivity index (χ4n) is 9.08. The normalized spacial score (nSPS) is 14.5. The second-order valence-electron chi connectivity index (χ2n) is 23.6. The summed E-state index contributed by atoms with van der Waals surface area (Å²) in [6.07, 6.45) is 91.0. The van der Waals surface area contributed by atoms with Gasteiger partial charge in [-0.1, -0.05) is 270 Å². The summed E-state index contributed by atoms with van der Waals surface area (Å²) in [5.41, 5.74) is 0. The monoisotopic (exact) mass is 1200 g/mol. The van der Waals surface area contributed by atoms with E-state index in [0.717, 1.165) is 161 Å². The van der Waals surface area contributed by atoms with Crippen LogP contribution in [0.3, 0.4) is 0 Å². The molecule has 0 radical (unpaired) electrons. The average Bonchev–Trinajstić information content (AvgIpc) is 3.48. The highest BCUT2D eigenvalue weighted by Crippen LogP contribution is 2.38. The molecule has 0 aromatic heterocycles. The number of quaternary nitrogens is 1. The number of hydrogen-bond acceptors (Lipinski definition) is 7. The Hall–Kier alpha value is -4.11. The molecule has 0 bridgehead atoms. The van der Waals surface area contributed by atoms with Crippen molar-refractivity contribution in [3.63, 3.8) is 0 Å². The lowest BCUT2D eigenvalue weighted by Crippen LogP contribution is -2.47. The smallest absolute Gasteiger partial charge is 0.306 e. The number of unbranched alkanes of at least 4 members (excludes halogenated alkanes) is 22. The quantitative estimate of drug-likeness (QED) is 0.0212. The number of hydrogen-bond donors (Lipinski definition) is 1. The van der Waals surface area contributed by atoms with Crippen molar-refractivity contribution in [2.24, 2.45) is 0 Å². The Morgan fingerprint density at radius 3 is 1.13 bits per heavy atom. The molecule has 0 saturated heterocycles. The summed E-state index contributed by atoms with van der Waals surface area (Å²) in [5, 5.41) is 3.02. The Balaban J connectivity index is 5.26. The van der Waals surface area contributed by atoms with Gasteiger partial charge in [0, 0.05) is 12.8 Å². The Kier molecular flexibility index (Phi) is 59.9. The molecule has 9 nitrogen and oxygen atoms in total. The third-order valence-corrected chi connectivity index (χ3v) is 15.2. The second-order valence-corrected chi connectivity index (χ2v) is 25.0. The lowest BCUT2D eigenvalue weighted by molar-refractivity contribution is -0.870. The number of amides is 1. The topological polar surface area (TPSA) is 114 Å². The van der Waals surface area contributed by atoms with E-state index < -0.39 is 26.6 Å². The van der Waals surface area contributed by atoms with Crippen molar-refractivity contribution in [3.05, 3.63) is 146 Å². The molecule has 0 spiro atoms. The number of carbonyl (C=O) groups excluding carboxylic acids is 2. The molecule has 0 aliphatic carbocycles. The highest BCUT2D eigenvalue weighted by Gasteiger charge is 2.27. The van der Waals surface area contributed by atoms with Crippen molar-refractivity contribution in [2.75, 3.05) is 40.9 Å². The fourth-order valence-corrected chi connectivity index (χ4v) is 9.80. The molecule has 0 rings (SSSR count). The number of carbonyl (C=O) groups is 2. The molecule has 0 heterocycles. The summed E-state index contributed by atoms with van der Waals surface area (Å²) in [6.45, 7) is 6.58. The summed E-state index contributed by atoms with van der Waals surface area (Å²) in [4.78, 5) is 40.2. The zero-order valence-corrected chi connectivity index (χ0v) is 56.1. The summed E-state index contributed by atoms with van der Waals surface area (Å²) in [6, 6.07) is -0.918. The number of rotatable bonds is 60. The summed E-state index contributed by atoms with van der Waals surface area (Å²) in [5.74, 6) is -0.588. The van der Waals surface area contributed by atoms with E-state index in [9.17, 15) is 19.0 Å². The van der Waals surface area contributed by atoms with Crippen molar-refractivity contribution < 1.29 is 37.3 Å². The zero-order chi connectivity index (χ0) is 62.1. The van der Waals surface area contributed by atoms with Crippen LogP contribution in [-0.2, 0) is 27.9 Å². The Morgan fingerprint density at radius 1 is 0.424 bits per heavy atom. The molecule has 0 saturated carbocycles. The van der Waals surface area contributed by atoms with Gasteiger partial charge in [0.2, 0.25) is 5.91 Å². The van der Waals surface area contributed by atoms with Gasteiger partial charge in [0.05, 0.1) is 33.8 Å². The van der Waals surface area contributed by atoms with Crippen LogP contribution in [0.2, 0.25) is 0 Å². The van der Waals surface area contributed by atoms with E-state index in [1.165, 1.54) is 57.8 Å². The number of likely N-dealkylation sites (N-methyl/N-ethyl adjacent to an activating group) is 1. The van der Waals surface area contributed by atoms with Crippen LogP contribution >= 0.6 is 7.82 Å². The Labute approximate surface area is 523 Å². The minimum absolute atomic E-state index is 0.0373. The van der Waals surface area contributed by atoms with Gasteiger partial charge in [0.25, 0.3) is 7.82 Å². The SMILES string of the molecule is CC/C=C\C/C=C\C/C=C\C/C=C\C/C=C\C/C=C\CCCCCCCCC(=O)OC(/C=C/CCCCCCCCCCCCC)C(COP(=O)([O-])OCC[N+](C)(C)C)NC(=O)CCCCCCC/C=C\C/C=C\C/C=C\C/C=C\C/C=C\CC. The predicted octanol–water partition coefficient (Wildman–Crippen LogP) is 21.1. The third-order valence-electron chi connectivity index (χ3n) is 14.3. The van der Waals surface area contributed by atoms with Gasteiger partial charge < -0.3 is 28.5 Å². The standard InChI is InChI=1S/C75H127N2O7P/c1-7-10-13-16-19-22-25-28-30-32-34-36-37-38-39-41-43-45-47-50-53-56-59-62-65-68-75(79)84-73(66-63-60-57-54-51-48-27-24-21-18-15-12-9-3)72(71-83-85(80,81)82-70-69-77(4,5)6)76-74(78)67-64-61-58-55-52-49-46-44-42-40-35-33-31-29-26-23-20-17-14-11-8-2/h10-11,13-14,19-20,22-23,28-31,34-36,38-40,43-46,63,66,72-73H,7-9,12,15-18,21,24-27,32-33,37,41-42,47-62,64-65,67-71H2,1-6H3,(H-,76,78,80,81)/b13-10-,14-11-,22-19-,23-20-,30-28-,31-29-,36-34-,39-38-,40-35-,45-43-,46-44-,66-63+. The van der Waals surface area contributed by atoms with Crippen LogP contribution in [0.5, 0.6) is 0 Å². The number of ether oxygens (including phenoxy) is 1. The van der Waals surface area contributed by atoms with Gasteiger partial charge in [0.15, 0.2) is 0 Å². The second kappa shape index (κ2) is 62.9. The van der Waals surface area contributed by atoms with E-state index in [1.54, 1.807) is 0 Å². The van der Waals surface area contributed by atoms with E-state index in [4.69, 9.17) is 13.8 Å². The number of nitrogens with zero attached hydrogens (tertiary/aromatic N) is 1. The third kappa shape index (κ3) is 64.2. The minimum Gasteiger partial charge on any atom is -0.756 e. The van der Waals surface area contributed by atoms with Crippen molar-refractivity contribution in [2.45, 2.75) is 277 Å². The van der Waals surface area contributed by atoms with E-state index in [2.05, 4.69) is 160 Å². The molecule has 0 aromatic carbocycles. The molecule has 0 aliphatic heterocycles. The van der Waals surface area contributed by atoms with E-state index in [0.29, 0.717) is 23.9 Å². The number of esters is 1. The summed E-state index contributed by atoms with van der Waals surface area (Å²) < 4.78 is 30.4. The van der Waals surface area contributed by atoms with Gasteiger partial charge in [-0.3, -0.25) is 14.2 Å². The number of allylic oxidation sites excluding steroid dienone is 23. The number of phosphoric ester groups is 1. The van der Waals surface area contributed by atoms with Gasteiger partial charge >= 0.3 is 5.97 Å². The van der Waals surface area contributed by atoms with Crippen LogP contribution < -0.4 is 10.2 Å². The lowest BCUT2D eigenvalue weighted by Gasteiger charge is -2.30. The van der Waals surface area contributed by atoms with Gasteiger partial charge in [-0.15, -0.1) is 0 Å². The highest BCUT2D eigenvalue weighted by molar-refractivity contribution is 7.45. The van der Waals surface area contributed by atoms with Crippen LogP contribution in [0.4, 0.5) is 0 Å². The molecule has 3 unspecified atom stereocenters. The van der Waals surface area contributed by atoms with E-state index in [-0.39, 0.29) is 31.3 Å². The largest absolute Gasteiger partial charge is 0.756 e. The molecule has 1 amide bonds. The maximum atomic E-state index is 13.6. The van der Waals surface area contributed by atoms with E-state index >= 15 is 0 Å². The van der Waals surface area contributed by atoms with Crippen molar-refractivity contribution >= 4 is 19.7 Å². The molecule has 0 aliphatic rings. The van der Waals surface area contributed by atoms with Gasteiger partial charge in [-0.05, 0) is 128 Å². The van der Waals surface area contributed by atoms with Gasteiger partial charge in [-0.25, -0.2) is 0 Å². The Morgan fingerprint density at radius 2 is 0.753 bits per heavy atom. The number of nitrogens with one attached hydrogen (secondary N) is 1. The van der Waals surface area contributed by atoms with Crippen molar-refractivity contribution in [1.82, 2.24) is 5.32 Å². The highest BCUT2D eigenvalue weighted by atomic mass is 31.2. The molecule has 10 heteroatoms. The average molecular weight is 1200 g/mol. The fraction of sp³-hybridized carbons (Fsp3) is 0.653. The van der Waals surface area contributed by atoms with Crippen molar-refractivity contribution in [3.8, 4) is 0 Å². The van der Waals surface area contributed by atoms with Crippen LogP contribution in [0.25, 0.3) is 0 Å². The zero-order valence-electron chi connectivity index (χ0n) is 55.3. The first-order valence-electron chi connectivity index (χ1n) is 34.1. The van der Waals surface area contributed by atoms with Crippen LogP contribution in [0.1, 0.15) is 265 Å². The first kappa shape index (κ1) is 80.9. The first-order valence-corrected chi connectivity index (χ1v) is 35.6. The molecule has 85 heavy (non-hydrogen) atoms. The molecule has 484 valence electrons. The summed E-state index contributed by atoms with van der Waals surface area (Å²) in [7, 11) is 1.14. The molecule has 0 aromatic rings. The van der Waals surface area contributed by atoms with Gasteiger partial charge in [-0.2, -0.15) is 0 Å². The van der Waals surface area contributed by atoms with E-state index in [1.807, 2.05) is 33.3 Å². The maximum Gasteiger partial charge on any atom is 0.306 e. The predicted molar refractivity (Wildman–Crippen MR) is 366 cm³/mol. The first-order chi connectivity index (χ1) is 41.4. The molecule has 3 atom stereocenters. The van der Waals surface area contributed by atoms with Crippen LogP contribution in [0.15, 0.2) is 146 Å². The maximum absolute atomic E-state index is 13.6. The van der Waals surface area contributed by atoms with Crippen LogP contribution in [-0.4, -0.2) is 69.4 Å². The van der Waals surface area contributed by atoms with Crippen molar-refractivity contribution in [1.29, 1.82) is 0 Å². The van der Waals surface area contributed by atoms with Crippen LogP contribution in [0, 0.1) is 0 Å². The summed E-state index contributed by atoms with van der Waals surface area (Å²) >= 11 is 0. The minimum atomic E-state index is -4.72. The lowest BCUT2D eigenvalue weighted by atomic mass is 10.0. The molecular weight excluding hydrogens is 1070 g/mol. The Bertz CT molecular complexity index is 1960. The van der Waals surface area contributed by atoms with Gasteiger partial charge in [0.1, 0.15) is 19.3 Å². The molecular formula is C75H127N2O7P.